The van der Waals surface area contributed by atoms with Gasteiger partial charge in [0, 0.05) is 5.69 Å². The first-order chi connectivity index (χ1) is 12.1. The maximum atomic E-state index is 11.8. The summed E-state index contributed by atoms with van der Waals surface area (Å²) >= 11 is 5.31. The molecule has 5 nitrogen and oxygen atoms in total. The van der Waals surface area contributed by atoms with E-state index in [1.165, 1.54) is 0 Å². The maximum Gasteiger partial charge on any atom is 0.338 e. The SMILES string of the molecule is CCOC(=O)c1cccc(NC(=S)NC(C)COc2ccccc2)c1. The molecule has 1 unspecified atom stereocenters. The standard InChI is InChI=1S/C19H22N2O3S/c1-3-23-18(22)15-8-7-9-16(12-15)21-19(25)20-14(2)13-24-17-10-5-4-6-11-17/h4-12,14H,3,13H2,1-2H3,(H2,20,21,25). The molecule has 0 heterocycles. The van der Waals surface area contributed by atoms with E-state index in [9.17, 15) is 4.79 Å². The highest BCUT2D eigenvalue weighted by Crippen LogP contribution is 2.12. The average Bonchev–Trinajstić information content (AvgIpc) is 2.61. The predicted molar refractivity (Wildman–Crippen MR) is 103 cm³/mol. The van der Waals surface area contributed by atoms with Crippen molar-refractivity contribution in [2.45, 2.75) is 19.9 Å². The zero-order chi connectivity index (χ0) is 18.1. The van der Waals surface area contributed by atoms with Crippen LogP contribution in [0, 0.1) is 0 Å². The van der Waals surface area contributed by atoms with Crippen LogP contribution in [0.25, 0.3) is 0 Å². The average molecular weight is 358 g/mol. The summed E-state index contributed by atoms with van der Waals surface area (Å²) in [6.45, 7) is 4.58. The van der Waals surface area contributed by atoms with E-state index >= 15 is 0 Å². The molecule has 25 heavy (non-hydrogen) atoms. The second-order valence-electron chi connectivity index (χ2n) is 5.42. The highest BCUT2D eigenvalue weighted by atomic mass is 32.1. The Morgan fingerprint density at radius 2 is 1.92 bits per heavy atom. The first-order valence-corrected chi connectivity index (χ1v) is 8.52. The molecule has 0 aliphatic heterocycles. The van der Waals surface area contributed by atoms with Gasteiger partial charge in [-0.2, -0.15) is 0 Å². The number of thiocarbonyl (C=S) groups is 1. The minimum atomic E-state index is -0.352. The number of anilines is 1. The quantitative estimate of drug-likeness (QED) is 0.582. The van der Waals surface area contributed by atoms with E-state index in [2.05, 4.69) is 10.6 Å². The minimum Gasteiger partial charge on any atom is -0.491 e. The third-order valence-corrected chi connectivity index (χ3v) is 3.47. The molecule has 0 aromatic heterocycles. The first kappa shape index (κ1) is 18.7. The monoisotopic (exact) mass is 358 g/mol. The Morgan fingerprint density at radius 1 is 1.16 bits per heavy atom. The van der Waals surface area contributed by atoms with Crippen LogP contribution in [-0.4, -0.2) is 30.3 Å². The van der Waals surface area contributed by atoms with Gasteiger partial charge in [0.15, 0.2) is 5.11 Å². The van der Waals surface area contributed by atoms with E-state index in [1.807, 2.05) is 43.3 Å². The van der Waals surface area contributed by atoms with Gasteiger partial charge in [0.05, 0.1) is 18.2 Å². The van der Waals surface area contributed by atoms with Gasteiger partial charge in [0.1, 0.15) is 12.4 Å². The molecule has 0 saturated carbocycles. The molecule has 132 valence electrons. The number of carbonyl (C=O) groups is 1. The zero-order valence-electron chi connectivity index (χ0n) is 14.3. The van der Waals surface area contributed by atoms with Gasteiger partial charge in [-0.1, -0.05) is 24.3 Å². The van der Waals surface area contributed by atoms with Crippen molar-refractivity contribution in [1.82, 2.24) is 5.32 Å². The number of carbonyl (C=O) groups excluding carboxylic acids is 1. The molecule has 0 amide bonds. The molecule has 6 heteroatoms. The highest BCUT2D eigenvalue weighted by molar-refractivity contribution is 7.80. The molecule has 0 aliphatic rings. The largest absolute Gasteiger partial charge is 0.491 e. The first-order valence-electron chi connectivity index (χ1n) is 8.11. The van der Waals surface area contributed by atoms with Gasteiger partial charge in [-0.15, -0.1) is 0 Å². The van der Waals surface area contributed by atoms with Crippen molar-refractivity contribution in [3.63, 3.8) is 0 Å². The molecule has 0 aliphatic carbocycles. The third-order valence-electron chi connectivity index (χ3n) is 3.25. The Bertz CT molecular complexity index is 707. The van der Waals surface area contributed by atoms with Gasteiger partial charge in [0.2, 0.25) is 0 Å². The van der Waals surface area contributed by atoms with Crippen molar-refractivity contribution >= 4 is 29.0 Å². The summed E-state index contributed by atoms with van der Waals surface area (Å²) in [4.78, 5) is 11.8. The van der Waals surface area contributed by atoms with Crippen LogP contribution in [0.2, 0.25) is 0 Å². The lowest BCUT2D eigenvalue weighted by atomic mass is 10.2. The Labute approximate surface area is 153 Å². The lowest BCUT2D eigenvalue weighted by Crippen LogP contribution is -2.39. The molecule has 2 rings (SSSR count). The maximum absolute atomic E-state index is 11.8. The molecule has 2 N–H and O–H groups in total. The van der Waals surface area contributed by atoms with Gasteiger partial charge >= 0.3 is 5.97 Å². The predicted octanol–water partition coefficient (Wildman–Crippen LogP) is 3.62. The van der Waals surface area contributed by atoms with Crippen LogP contribution >= 0.6 is 12.2 Å². The number of para-hydroxylation sites is 1. The van der Waals surface area contributed by atoms with Crippen LogP contribution in [-0.2, 0) is 4.74 Å². The molecule has 0 fully saturated rings. The van der Waals surface area contributed by atoms with Crippen molar-refractivity contribution in [2.75, 3.05) is 18.5 Å². The Hall–Kier alpha value is -2.60. The number of hydrogen-bond acceptors (Lipinski definition) is 4. The van der Waals surface area contributed by atoms with E-state index in [1.54, 1.807) is 25.1 Å². The number of hydrogen-bond donors (Lipinski definition) is 2. The number of ether oxygens (including phenoxy) is 2. The van der Waals surface area contributed by atoms with E-state index < -0.39 is 0 Å². The molecular formula is C19H22N2O3S. The summed E-state index contributed by atoms with van der Waals surface area (Å²) in [6.07, 6.45) is 0. The lowest BCUT2D eigenvalue weighted by Gasteiger charge is -2.18. The summed E-state index contributed by atoms with van der Waals surface area (Å²) in [5.41, 5.74) is 1.20. The molecule has 0 spiro atoms. The fourth-order valence-corrected chi connectivity index (χ4v) is 2.43. The van der Waals surface area contributed by atoms with Gasteiger partial charge in [-0.25, -0.2) is 4.79 Å². The smallest absolute Gasteiger partial charge is 0.338 e. The summed E-state index contributed by atoms with van der Waals surface area (Å²) < 4.78 is 10.7. The molecule has 1 atom stereocenters. The Balaban J connectivity index is 1.83. The van der Waals surface area contributed by atoms with Gasteiger partial charge in [-0.05, 0) is 56.4 Å². The number of benzene rings is 2. The fourth-order valence-electron chi connectivity index (χ4n) is 2.11. The van der Waals surface area contributed by atoms with Crippen molar-refractivity contribution in [3.8, 4) is 5.75 Å². The van der Waals surface area contributed by atoms with Crippen LogP contribution in [0.5, 0.6) is 5.75 Å². The number of rotatable bonds is 7. The lowest BCUT2D eigenvalue weighted by molar-refractivity contribution is 0.0526. The topological polar surface area (TPSA) is 59.6 Å². The molecule has 2 aromatic carbocycles. The summed E-state index contributed by atoms with van der Waals surface area (Å²) in [5, 5.41) is 6.68. The van der Waals surface area contributed by atoms with Gasteiger partial charge < -0.3 is 20.1 Å². The number of nitrogens with one attached hydrogen (secondary N) is 2. The van der Waals surface area contributed by atoms with Gasteiger partial charge in [-0.3, -0.25) is 0 Å². The summed E-state index contributed by atoms with van der Waals surface area (Å²) in [7, 11) is 0. The molecule has 0 bridgehead atoms. The third kappa shape index (κ3) is 6.43. The summed E-state index contributed by atoms with van der Waals surface area (Å²) in [5.74, 6) is 0.465. The van der Waals surface area contributed by atoms with Crippen molar-refractivity contribution < 1.29 is 14.3 Å². The van der Waals surface area contributed by atoms with Crippen molar-refractivity contribution in [3.05, 3.63) is 60.2 Å². The van der Waals surface area contributed by atoms with Crippen molar-refractivity contribution in [2.24, 2.45) is 0 Å². The van der Waals surface area contributed by atoms with Crippen LogP contribution in [0.15, 0.2) is 54.6 Å². The molecule has 0 radical (unpaired) electrons. The van der Waals surface area contributed by atoms with E-state index in [0.29, 0.717) is 23.9 Å². The summed E-state index contributed by atoms with van der Waals surface area (Å²) in [6, 6.07) is 16.7. The van der Waals surface area contributed by atoms with Crippen molar-refractivity contribution in [1.29, 1.82) is 0 Å². The van der Waals surface area contributed by atoms with Crippen LogP contribution < -0.4 is 15.4 Å². The number of esters is 1. The van der Waals surface area contributed by atoms with Crippen LogP contribution in [0.4, 0.5) is 5.69 Å². The van der Waals surface area contributed by atoms with E-state index in [-0.39, 0.29) is 12.0 Å². The second-order valence-corrected chi connectivity index (χ2v) is 5.83. The Kier molecular flexibility index (Phi) is 7.22. The second kappa shape index (κ2) is 9.64. The molecule has 0 saturated heterocycles. The molecular weight excluding hydrogens is 336 g/mol. The van der Waals surface area contributed by atoms with Gasteiger partial charge in [0.25, 0.3) is 0 Å². The normalized spacial score (nSPS) is 11.3. The fraction of sp³-hybridized carbons (Fsp3) is 0.263. The van der Waals surface area contributed by atoms with Crippen LogP contribution in [0.3, 0.4) is 0 Å². The van der Waals surface area contributed by atoms with Crippen LogP contribution in [0.1, 0.15) is 24.2 Å². The zero-order valence-corrected chi connectivity index (χ0v) is 15.1. The minimum absolute atomic E-state index is 0.0217. The highest BCUT2D eigenvalue weighted by Gasteiger charge is 2.09. The Morgan fingerprint density at radius 3 is 2.64 bits per heavy atom. The van der Waals surface area contributed by atoms with E-state index in [0.717, 1.165) is 11.4 Å². The van der Waals surface area contributed by atoms with E-state index in [4.69, 9.17) is 21.7 Å². The molecule has 2 aromatic rings.